The molecular weight excluding hydrogens is 523 g/mol. The van der Waals surface area contributed by atoms with Gasteiger partial charge in [0.1, 0.15) is 0 Å². The third kappa shape index (κ3) is 6.20. The number of hydrogen-bond acceptors (Lipinski definition) is 4. The van der Waals surface area contributed by atoms with E-state index in [0.29, 0.717) is 29.7 Å². The highest BCUT2D eigenvalue weighted by atomic mass is 35.5. The number of likely N-dealkylation sites (tertiary alicyclic amines) is 1. The van der Waals surface area contributed by atoms with Gasteiger partial charge in [-0.25, -0.2) is 0 Å². The lowest BCUT2D eigenvalue weighted by Crippen LogP contribution is -2.57. The standard InChI is InChI=1S/C30H38Cl2N2O4/c1-20(12-13-33-14-15-38-19-29(33,2)3)34-27(21-8-10-23(31)11-9-21)25(22-6-5-7-24(32)16-22)17-30(4,28(34)37)18-26(35)36/h5-11,16,20,25,27H,12-15,17-19H2,1-4H3,(H,35,36)/t20-,25+,27+,30+/m0/s1. The van der Waals surface area contributed by atoms with E-state index in [-0.39, 0.29) is 35.9 Å². The largest absolute Gasteiger partial charge is 0.481 e. The maximum absolute atomic E-state index is 14.3. The highest BCUT2D eigenvalue weighted by molar-refractivity contribution is 6.30. The van der Waals surface area contributed by atoms with Crippen molar-refractivity contribution < 1.29 is 19.4 Å². The van der Waals surface area contributed by atoms with E-state index in [2.05, 4.69) is 25.7 Å². The number of carbonyl (C=O) groups excluding carboxylic acids is 1. The molecule has 1 amide bonds. The molecule has 0 spiro atoms. The summed E-state index contributed by atoms with van der Waals surface area (Å²) in [7, 11) is 0. The van der Waals surface area contributed by atoms with Crippen molar-refractivity contribution in [3.63, 3.8) is 0 Å². The van der Waals surface area contributed by atoms with Crippen LogP contribution in [0.3, 0.4) is 0 Å². The van der Waals surface area contributed by atoms with Gasteiger partial charge in [-0.15, -0.1) is 0 Å². The lowest BCUT2D eigenvalue weighted by Gasteiger charge is -2.52. The summed E-state index contributed by atoms with van der Waals surface area (Å²) in [5.41, 5.74) is 0.839. The fraction of sp³-hybridized carbons (Fsp3) is 0.533. The van der Waals surface area contributed by atoms with Gasteiger partial charge in [-0.3, -0.25) is 14.5 Å². The van der Waals surface area contributed by atoms with Crippen molar-refractivity contribution in [3.05, 3.63) is 69.7 Å². The summed E-state index contributed by atoms with van der Waals surface area (Å²) in [6.45, 7) is 11.3. The molecule has 0 aromatic heterocycles. The highest BCUT2D eigenvalue weighted by Crippen LogP contribution is 2.52. The number of benzene rings is 2. The quantitative estimate of drug-likeness (QED) is 0.403. The van der Waals surface area contributed by atoms with Crippen LogP contribution >= 0.6 is 23.2 Å². The number of piperidine rings is 1. The van der Waals surface area contributed by atoms with E-state index in [1.54, 1.807) is 6.92 Å². The molecule has 0 aliphatic carbocycles. The zero-order valence-corrected chi connectivity index (χ0v) is 24.1. The second kappa shape index (κ2) is 11.5. The number of morpholine rings is 1. The lowest BCUT2D eigenvalue weighted by atomic mass is 9.67. The molecule has 1 N–H and O–H groups in total. The average Bonchev–Trinajstić information content (AvgIpc) is 2.84. The molecule has 2 saturated heterocycles. The van der Waals surface area contributed by atoms with Crippen LogP contribution in [0.4, 0.5) is 0 Å². The summed E-state index contributed by atoms with van der Waals surface area (Å²) in [5.74, 6) is -1.23. The minimum atomic E-state index is -1.05. The first kappa shape index (κ1) is 28.9. The van der Waals surface area contributed by atoms with Crippen molar-refractivity contribution in [3.8, 4) is 0 Å². The van der Waals surface area contributed by atoms with Gasteiger partial charge in [0.2, 0.25) is 5.91 Å². The summed E-state index contributed by atoms with van der Waals surface area (Å²) in [4.78, 5) is 30.6. The van der Waals surface area contributed by atoms with Gasteiger partial charge in [-0.2, -0.15) is 0 Å². The number of carbonyl (C=O) groups is 2. The van der Waals surface area contributed by atoms with E-state index in [1.165, 1.54) is 0 Å². The van der Waals surface area contributed by atoms with Gasteiger partial charge in [-0.1, -0.05) is 54.4 Å². The lowest BCUT2D eigenvalue weighted by molar-refractivity contribution is -0.160. The molecule has 2 aliphatic rings. The van der Waals surface area contributed by atoms with Crippen molar-refractivity contribution in [2.75, 3.05) is 26.3 Å². The molecule has 0 unspecified atom stereocenters. The molecule has 0 saturated carbocycles. The van der Waals surface area contributed by atoms with E-state index in [0.717, 1.165) is 30.6 Å². The van der Waals surface area contributed by atoms with Crippen LogP contribution in [0.25, 0.3) is 0 Å². The fourth-order valence-electron chi connectivity index (χ4n) is 6.15. The number of hydrogen-bond donors (Lipinski definition) is 1. The Hall–Kier alpha value is -2.12. The Kier molecular flexibility index (Phi) is 8.78. The minimum absolute atomic E-state index is 0.0827. The van der Waals surface area contributed by atoms with E-state index in [4.69, 9.17) is 27.9 Å². The number of amides is 1. The summed E-state index contributed by atoms with van der Waals surface area (Å²) >= 11 is 12.7. The summed E-state index contributed by atoms with van der Waals surface area (Å²) in [6.07, 6.45) is 0.937. The normalized spacial score (nSPS) is 26.8. The van der Waals surface area contributed by atoms with Crippen molar-refractivity contribution in [1.29, 1.82) is 0 Å². The second-order valence-electron chi connectivity index (χ2n) is 11.7. The van der Waals surface area contributed by atoms with Crippen LogP contribution in [0.1, 0.15) is 70.0 Å². The Morgan fingerprint density at radius 1 is 1.11 bits per heavy atom. The predicted molar refractivity (Wildman–Crippen MR) is 151 cm³/mol. The van der Waals surface area contributed by atoms with Gasteiger partial charge in [0.15, 0.2) is 0 Å². The maximum atomic E-state index is 14.3. The van der Waals surface area contributed by atoms with E-state index in [1.807, 2.05) is 53.4 Å². The Morgan fingerprint density at radius 2 is 1.82 bits per heavy atom. The summed E-state index contributed by atoms with van der Waals surface area (Å²) in [5, 5.41) is 11.0. The maximum Gasteiger partial charge on any atom is 0.304 e. The first-order valence-electron chi connectivity index (χ1n) is 13.3. The molecule has 4 atom stereocenters. The SMILES string of the molecule is C[C@@H](CCN1CCOCC1(C)C)N1C(=O)[C@@](C)(CC(=O)O)C[C@H](c2cccc(Cl)c2)[C@H]1c1ccc(Cl)cc1. The van der Waals surface area contributed by atoms with Crippen LogP contribution < -0.4 is 0 Å². The van der Waals surface area contributed by atoms with Crippen LogP contribution in [-0.2, 0) is 14.3 Å². The Morgan fingerprint density at radius 3 is 2.45 bits per heavy atom. The van der Waals surface area contributed by atoms with Crippen LogP contribution in [0.2, 0.25) is 10.0 Å². The summed E-state index contributed by atoms with van der Waals surface area (Å²) < 4.78 is 5.69. The number of aliphatic carboxylic acids is 1. The van der Waals surface area contributed by atoms with Gasteiger partial charge in [-0.05, 0) is 69.0 Å². The number of carboxylic acid groups (broad SMARTS) is 1. The first-order chi connectivity index (χ1) is 17.9. The molecule has 4 rings (SSSR count). The van der Waals surface area contributed by atoms with E-state index in [9.17, 15) is 14.7 Å². The highest BCUT2D eigenvalue weighted by Gasteiger charge is 2.52. The zero-order chi connectivity index (χ0) is 27.7. The molecule has 6 nitrogen and oxygen atoms in total. The molecule has 2 heterocycles. The van der Waals surface area contributed by atoms with Crippen LogP contribution in [0, 0.1) is 5.41 Å². The van der Waals surface area contributed by atoms with Crippen molar-refractivity contribution in [1.82, 2.24) is 9.80 Å². The number of rotatable bonds is 8. The van der Waals surface area contributed by atoms with Gasteiger partial charge < -0.3 is 14.7 Å². The molecule has 8 heteroatoms. The molecule has 2 aromatic carbocycles. The third-order valence-corrected chi connectivity index (χ3v) is 8.73. The Labute approximate surface area is 235 Å². The molecule has 2 aliphatic heterocycles. The molecule has 2 fully saturated rings. The second-order valence-corrected chi connectivity index (χ2v) is 12.6. The van der Waals surface area contributed by atoms with Gasteiger partial charge >= 0.3 is 5.97 Å². The predicted octanol–water partition coefficient (Wildman–Crippen LogP) is 6.42. The number of halogens is 2. The Bertz CT molecular complexity index is 1160. The monoisotopic (exact) mass is 560 g/mol. The van der Waals surface area contributed by atoms with Crippen molar-refractivity contribution in [2.45, 2.75) is 70.5 Å². The molecule has 206 valence electrons. The van der Waals surface area contributed by atoms with Crippen LogP contribution in [0.5, 0.6) is 0 Å². The smallest absolute Gasteiger partial charge is 0.304 e. The van der Waals surface area contributed by atoms with E-state index < -0.39 is 11.4 Å². The molecular formula is C30H38Cl2N2O4. The summed E-state index contributed by atoms with van der Waals surface area (Å²) in [6, 6.07) is 14.9. The van der Waals surface area contributed by atoms with Gasteiger partial charge in [0.05, 0.1) is 31.1 Å². The number of nitrogens with zero attached hydrogens (tertiary/aromatic N) is 2. The molecule has 0 bridgehead atoms. The third-order valence-electron chi connectivity index (χ3n) is 8.24. The molecule has 38 heavy (non-hydrogen) atoms. The first-order valence-corrected chi connectivity index (χ1v) is 14.1. The van der Waals surface area contributed by atoms with Gasteiger partial charge in [0, 0.05) is 40.6 Å². The zero-order valence-electron chi connectivity index (χ0n) is 22.6. The number of ether oxygens (including phenoxy) is 1. The average molecular weight is 562 g/mol. The van der Waals surface area contributed by atoms with Crippen molar-refractivity contribution in [2.24, 2.45) is 5.41 Å². The van der Waals surface area contributed by atoms with Crippen molar-refractivity contribution >= 4 is 35.1 Å². The molecule has 0 radical (unpaired) electrons. The minimum Gasteiger partial charge on any atom is -0.481 e. The van der Waals surface area contributed by atoms with E-state index >= 15 is 0 Å². The number of carboxylic acids is 1. The Balaban J connectivity index is 1.76. The fourth-order valence-corrected chi connectivity index (χ4v) is 6.47. The van der Waals surface area contributed by atoms with Crippen LogP contribution in [-0.4, -0.2) is 64.7 Å². The topological polar surface area (TPSA) is 70.1 Å². The molecule has 2 aromatic rings. The van der Waals surface area contributed by atoms with Crippen LogP contribution in [0.15, 0.2) is 48.5 Å². The van der Waals surface area contributed by atoms with Gasteiger partial charge in [0.25, 0.3) is 0 Å².